The molecule has 0 fully saturated rings. The number of ether oxygens (including phenoxy) is 1. The Kier molecular flexibility index (Phi) is 4.83. The van der Waals surface area contributed by atoms with Gasteiger partial charge in [-0.05, 0) is 29.8 Å². The molecule has 0 aliphatic rings. The molecular formula is C17H13FN2O2S. The summed E-state index contributed by atoms with van der Waals surface area (Å²) in [6.07, 6.45) is 1.63. The fourth-order valence-electron chi connectivity index (χ4n) is 1.97. The number of carbonyl (C=O) groups excluding carboxylic acids is 1. The van der Waals surface area contributed by atoms with E-state index in [9.17, 15) is 9.18 Å². The minimum atomic E-state index is -0.380. The molecule has 116 valence electrons. The average Bonchev–Trinajstić information content (AvgIpc) is 2.58. The van der Waals surface area contributed by atoms with Crippen LogP contribution in [0.1, 0.15) is 5.56 Å². The van der Waals surface area contributed by atoms with Crippen LogP contribution in [0.5, 0.6) is 0 Å². The second-order valence-corrected chi connectivity index (χ2v) is 5.77. The van der Waals surface area contributed by atoms with Crippen LogP contribution in [0.25, 0.3) is 11.0 Å². The summed E-state index contributed by atoms with van der Waals surface area (Å²) in [5, 5.41) is 0.659. The highest BCUT2D eigenvalue weighted by molar-refractivity contribution is 7.99. The Labute approximate surface area is 136 Å². The highest BCUT2D eigenvalue weighted by Crippen LogP contribution is 2.18. The van der Waals surface area contributed by atoms with Gasteiger partial charge in [0.05, 0.1) is 23.0 Å². The zero-order valence-electron chi connectivity index (χ0n) is 12.1. The zero-order valence-corrected chi connectivity index (χ0v) is 12.9. The van der Waals surface area contributed by atoms with Gasteiger partial charge >= 0.3 is 5.97 Å². The van der Waals surface area contributed by atoms with E-state index < -0.39 is 0 Å². The minimum Gasteiger partial charge on any atom is -0.460 e. The molecule has 1 heterocycles. The number of hydrogen-bond acceptors (Lipinski definition) is 5. The van der Waals surface area contributed by atoms with Crippen molar-refractivity contribution in [3.63, 3.8) is 0 Å². The van der Waals surface area contributed by atoms with Gasteiger partial charge in [0.1, 0.15) is 17.5 Å². The van der Waals surface area contributed by atoms with Crippen LogP contribution in [0.4, 0.5) is 4.39 Å². The predicted molar refractivity (Wildman–Crippen MR) is 86.5 cm³/mol. The summed E-state index contributed by atoms with van der Waals surface area (Å²) in [7, 11) is 0. The molecule has 0 amide bonds. The van der Waals surface area contributed by atoms with Crippen molar-refractivity contribution in [3.8, 4) is 0 Å². The molecule has 0 radical (unpaired) electrons. The molecule has 0 aliphatic heterocycles. The third kappa shape index (κ3) is 4.26. The van der Waals surface area contributed by atoms with Crippen molar-refractivity contribution in [1.82, 2.24) is 9.97 Å². The van der Waals surface area contributed by atoms with Crippen LogP contribution in [0.15, 0.2) is 59.8 Å². The maximum absolute atomic E-state index is 13.0. The average molecular weight is 328 g/mol. The van der Waals surface area contributed by atoms with Gasteiger partial charge in [0, 0.05) is 0 Å². The van der Waals surface area contributed by atoms with Gasteiger partial charge in [-0.15, -0.1) is 0 Å². The minimum absolute atomic E-state index is 0.0561. The van der Waals surface area contributed by atoms with Crippen molar-refractivity contribution in [1.29, 1.82) is 0 Å². The lowest BCUT2D eigenvalue weighted by molar-refractivity contribution is -0.141. The SMILES string of the molecule is O=C(CSc1cnc2ccccc2n1)OCc1cccc(F)c1. The molecule has 23 heavy (non-hydrogen) atoms. The van der Waals surface area contributed by atoms with E-state index in [-0.39, 0.29) is 24.1 Å². The van der Waals surface area contributed by atoms with Crippen LogP contribution in [-0.4, -0.2) is 21.7 Å². The van der Waals surface area contributed by atoms with Gasteiger partial charge in [0.25, 0.3) is 0 Å². The first-order valence-corrected chi connectivity index (χ1v) is 7.94. The first kappa shape index (κ1) is 15.4. The highest BCUT2D eigenvalue weighted by Gasteiger charge is 2.07. The molecule has 0 saturated heterocycles. The lowest BCUT2D eigenvalue weighted by Crippen LogP contribution is -2.07. The van der Waals surface area contributed by atoms with Crippen molar-refractivity contribution in [3.05, 3.63) is 66.1 Å². The largest absolute Gasteiger partial charge is 0.460 e. The molecule has 2 aromatic carbocycles. The Morgan fingerprint density at radius 1 is 1.13 bits per heavy atom. The number of carbonyl (C=O) groups is 1. The van der Waals surface area contributed by atoms with Gasteiger partial charge in [-0.2, -0.15) is 0 Å². The van der Waals surface area contributed by atoms with E-state index in [2.05, 4.69) is 9.97 Å². The number of thioether (sulfide) groups is 1. The molecular weight excluding hydrogens is 315 g/mol. The van der Waals surface area contributed by atoms with Gasteiger partial charge in [-0.3, -0.25) is 9.78 Å². The van der Waals surface area contributed by atoms with Crippen LogP contribution in [0.3, 0.4) is 0 Å². The molecule has 3 rings (SSSR count). The van der Waals surface area contributed by atoms with Gasteiger partial charge in [-0.25, -0.2) is 9.37 Å². The van der Waals surface area contributed by atoms with Crippen molar-refractivity contribution in [2.75, 3.05) is 5.75 Å². The molecule has 6 heteroatoms. The Morgan fingerprint density at radius 3 is 2.78 bits per heavy atom. The quantitative estimate of drug-likeness (QED) is 0.529. The van der Waals surface area contributed by atoms with E-state index in [0.717, 1.165) is 11.0 Å². The lowest BCUT2D eigenvalue weighted by Gasteiger charge is -2.05. The fourth-order valence-corrected chi connectivity index (χ4v) is 2.61. The van der Waals surface area contributed by atoms with Gasteiger partial charge in [0.15, 0.2) is 0 Å². The number of halogens is 1. The van der Waals surface area contributed by atoms with Crippen molar-refractivity contribution >= 4 is 28.8 Å². The molecule has 0 aliphatic carbocycles. The van der Waals surface area contributed by atoms with Crippen LogP contribution >= 0.6 is 11.8 Å². The first-order chi connectivity index (χ1) is 11.2. The molecule has 0 saturated carbocycles. The molecule has 1 aromatic heterocycles. The molecule has 3 aromatic rings. The molecule has 0 spiro atoms. The summed E-state index contributed by atoms with van der Waals surface area (Å²) in [5.74, 6) is -0.601. The van der Waals surface area contributed by atoms with E-state index in [1.54, 1.807) is 18.3 Å². The van der Waals surface area contributed by atoms with Crippen LogP contribution in [0.2, 0.25) is 0 Å². The molecule has 0 atom stereocenters. The maximum atomic E-state index is 13.0. The highest BCUT2D eigenvalue weighted by atomic mass is 32.2. The first-order valence-electron chi connectivity index (χ1n) is 6.95. The Hall–Kier alpha value is -2.47. The van der Waals surface area contributed by atoms with E-state index in [1.807, 2.05) is 24.3 Å². The van der Waals surface area contributed by atoms with E-state index in [1.165, 1.54) is 23.9 Å². The van der Waals surface area contributed by atoms with Crippen LogP contribution in [-0.2, 0) is 16.1 Å². The summed E-state index contributed by atoms with van der Waals surface area (Å²) in [4.78, 5) is 20.5. The fraction of sp³-hybridized carbons (Fsp3) is 0.118. The van der Waals surface area contributed by atoms with E-state index in [0.29, 0.717) is 10.6 Å². The van der Waals surface area contributed by atoms with E-state index >= 15 is 0 Å². The van der Waals surface area contributed by atoms with Crippen molar-refractivity contribution in [2.24, 2.45) is 0 Å². The van der Waals surface area contributed by atoms with Gasteiger partial charge in [0.2, 0.25) is 0 Å². The number of rotatable bonds is 5. The monoisotopic (exact) mass is 328 g/mol. The molecule has 0 bridgehead atoms. The molecule has 0 N–H and O–H groups in total. The Balaban J connectivity index is 1.53. The summed E-state index contributed by atoms with van der Waals surface area (Å²) < 4.78 is 18.1. The van der Waals surface area contributed by atoms with Crippen molar-refractivity contribution in [2.45, 2.75) is 11.6 Å². The number of para-hydroxylation sites is 2. The second kappa shape index (κ2) is 7.19. The molecule has 0 unspecified atom stereocenters. The third-order valence-electron chi connectivity index (χ3n) is 3.05. The molecule has 4 nitrogen and oxygen atoms in total. The standard InChI is InChI=1S/C17H13FN2O2S/c18-13-5-3-4-12(8-13)10-22-17(21)11-23-16-9-19-14-6-1-2-7-15(14)20-16/h1-9H,10-11H2. The number of aromatic nitrogens is 2. The maximum Gasteiger partial charge on any atom is 0.316 e. The Bertz CT molecular complexity index is 841. The predicted octanol–water partition coefficient (Wildman–Crippen LogP) is 3.60. The van der Waals surface area contributed by atoms with Crippen LogP contribution < -0.4 is 0 Å². The van der Waals surface area contributed by atoms with Crippen LogP contribution in [0, 0.1) is 5.82 Å². The van der Waals surface area contributed by atoms with Crippen molar-refractivity contribution < 1.29 is 13.9 Å². The zero-order chi connectivity index (χ0) is 16.1. The summed E-state index contributed by atoms with van der Waals surface area (Å²) in [5.41, 5.74) is 2.21. The third-order valence-corrected chi connectivity index (χ3v) is 3.93. The number of fused-ring (bicyclic) bond motifs is 1. The number of esters is 1. The summed E-state index contributed by atoms with van der Waals surface area (Å²) in [6, 6.07) is 13.5. The van der Waals surface area contributed by atoms with E-state index in [4.69, 9.17) is 4.74 Å². The second-order valence-electron chi connectivity index (χ2n) is 4.78. The number of benzene rings is 2. The lowest BCUT2D eigenvalue weighted by atomic mass is 10.2. The smallest absolute Gasteiger partial charge is 0.316 e. The number of nitrogens with zero attached hydrogens (tertiary/aromatic N) is 2. The summed E-state index contributed by atoms with van der Waals surface area (Å²) >= 11 is 1.26. The Morgan fingerprint density at radius 2 is 1.96 bits per heavy atom. The number of hydrogen-bond donors (Lipinski definition) is 0. The van der Waals surface area contributed by atoms with Gasteiger partial charge in [-0.1, -0.05) is 36.0 Å². The van der Waals surface area contributed by atoms with Gasteiger partial charge < -0.3 is 4.74 Å². The normalized spacial score (nSPS) is 10.7. The topological polar surface area (TPSA) is 52.1 Å². The summed E-state index contributed by atoms with van der Waals surface area (Å²) in [6.45, 7) is 0.0561.